The highest BCUT2D eigenvalue weighted by atomic mass is 15.3. The number of nitrogens with two attached hydrogens (primary N) is 1. The molecule has 1 saturated heterocycles. The molecular formula is C14H28N2. The number of rotatable bonds is 2. The summed E-state index contributed by atoms with van der Waals surface area (Å²) in [5.41, 5.74) is 7.19. The van der Waals surface area contributed by atoms with Crippen molar-refractivity contribution in [3.8, 4) is 0 Å². The lowest BCUT2D eigenvalue weighted by atomic mass is 9.72. The maximum atomic E-state index is 6.20. The van der Waals surface area contributed by atoms with Crippen molar-refractivity contribution in [2.45, 2.75) is 70.9 Å². The van der Waals surface area contributed by atoms with Crippen molar-refractivity contribution in [1.82, 2.24) is 4.90 Å². The summed E-state index contributed by atoms with van der Waals surface area (Å²) in [7, 11) is 0. The average Bonchev–Trinajstić information content (AvgIpc) is 2.66. The molecule has 0 aromatic heterocycles. The Morgan fingerprint density at radius 2 is 1.69 bits per heavy atom. The molecule has 1 saturated carbocycles. The highest BCUT2D eigenvalue weighted by molar-refractivity contribution is 5.11. The lowest BCUT2D eigenvalue weighted by molar-refractivity contribution is -0.0281. The average molecular weight is 224 g/mol. The molecule has 94 valence electrons. The van der Waals surface area contributed by atoms with E-state index in [1.165, 1.54) is 38.6 Å². The predicted octanol–water partition coefficient (Wildman–Crippen LogP) is 2.77. The first-order chi connectivity index (χ1) is 7.36. The normalized spacial score (nSPS) is 38.1. The third-order valence-corrected chi connectivity index (χ3v) is 5.41. The van der Waals surface area contributed by atoms with Crippen LogP contribution < -0.4 is 5.73 Å². The fourth-order valence-corrected chi connectivity index (χ4v) is 4.28. The van der Waals surface area contributed by atoms with Crippen LogP contribution in [0.25, 0.3) is 0 Å². The number of hydrogen-bond acceptors (Lipinski definition) is 2. The Morgan fingerprint density at radius 3 is 2.06 bits per heavy atom. The molecule has 1 heterocycles. The summed E-state index contributed by atoms with van der Waals surface area (Å²) in [6.45, 7) is 11.7. The molecule has 1 aliphatic heterocycles. The Labute approximate surface area is 101 Å². The third-order valence-electron chi connectivity index (χ3n) is 5.41. The number of nitrogens with zero attached hydrogens (tertiary/aromatic N) is 1. The minimum atomic E-state index is 0.257. The van der Waals surface area contributed by atoms with Crippen molar-refractivity contribution in [2.75, 3.05) is 13.1 Å². The van der Waals surface area contributed by atoms with E-state index < -0.39 is 0 Å². The molecule has 2 N–H and O–H groups in total. The van der Waals surface area contributed by atoms with Gasteiger partial charge in [-0.1, -0.05) is 20.3 Å². The zero-order valence-corrected chi connectivity index (χ0v) is 11.5. The highest BCUT2D eigenvalue weighted by Crippen LogP contribution is 2.53. The molecule has 0 aromatic carbocycles. The third kappa shape index (κ3) is 1.53. The van der Waals surface area contributed by atoms with Crippen molar-refractivity contribution in [2.24, 2.45) is 11.1 Å². The van der Waals surface area contributed by atoms with Crippen molar-refractivity contribution < 1.29 is 0 Å². The Hall–Kier alpha value is -0.0800. The van der Waals surface area contributed by atoms with Crippen LogP contribution in [0.2, 0.25) is 0 Å². The molecule has 0 bridgehead atoms. The van der Waals surface area contributed by atoms with E-state index >= 15 is 0 Å². The first-order valence-corrected chi connectivity index (χ1v) is 6.84. The zero-order valence-electron chi connectivity index (χ0n) is 11.5. The van der Waals surface area contributed by atoms with Gasteiger partial charge in [-0.3, -0.25) is 4.90 Å². The minimum absolute atomic E-state index is 0.257. The molecule has 2 rings (SSSR count). The van der Waals surface area contributed by atoms with E-state index in [4.69, 9.17) is 5.73 Å². The summed E-state index contributed by atoms with van der Waals surface area (Å²) in [5.74, 6) is 0. The minimum Gasteiger partial charge on any atom is -0.329 e. The van der Waals surface area contributed by atoms with Crippen LogP contribution >= 0.6 is 0 Å². The largest absolute Gasteiger partial charge is 0.329 e. The van der Waals surface area contributed by atoms with Gasteiger partial charge in [-0.15, -0.1) is 0 Å². The van der Waals surface area contributed by atoms with Gasteiger partial charge >= 0.3 is 0 Å². The summed E-state index contributed by atoms with van der Waals surface area (Å²) in [4.78, 5) is 2.74. The smallest absolute Gasteiger partial charge is 0.0387 e. The van der Waals surface area contributed by atoms with Gasteiger partial charge < -0.3 is 5.73 Å². The topological polar surface area (TPSA) is 29.3 Å². The molecule has 1 aliphatic carbocycles. The Kier molecular flexibility index (Phi) is 2.87. The molecule has 16 heavy (non-hydrogen) atoms. The van der Waals surface area contributed by atoms with Crippen LogP contribution in [0, 0.1) is 5.41 Å². The molecule has 0 aromatic rings. The van der Waals surface area contributed by atoms with E-state index in [0.717, 1.165) is 6.54 Å². The van der Waals surface area contributed by atoms with Gasteiger partial charge in [0.1, 0.15) is 0 Å². The van der Waals surface area contributed by atoms with E-state index in [-0.39, 0.29) is 5.54 Å². The van der Waals surface area contributed by atoms with Gasteiger partial charge in [0.25, 0.3) is 0 Å². The SMILES string of the molecule is CC1(C)CCCN1C1(CN)CCCC1(C)C. The summed E-state index contributed by atoms with van der Waals surface area (Å²) < 4.78 is 0. The van der Waals surface area contributed by atoms with Crippen molar-refractivity contribution in [3.63, 3.8) is 0 Å². The second-order valence-corrected chi connectivity index (χ2v) is 7.04. The van der Waals surface area contributed by atoms with Crippen LogP contribution in [0.1, 0.15) is 59.8 Å². The lowest BCUT2D eigenvalue weighted by Gasteiger charge is -2.53. The molecule has 0 amide bonds. The van der Waals surface area contributed by atoms with Gasteiger partial charge in [-0.05, 0) is 51.5 Å². The zero-order chi connectivity index (χ0) is 12.0. The molecular weight excluding hydrogens is 196 g/mol. The summed E-state index contributed by atoms with van der Waals surface area (Å²) in [6.07, 6.45) is 6.63. The van der Waals surface area contributed by atoms with E-state index in [2.05, 4.69) is 32.6 Å². The van der Waals surface area contributed by atoms with Crippen LogP contribution in [0.4, 0.5) is 0 Å². The Balaban J connectivity index is 2.35. The molecule has 0 radical (unpaired) electrons. The first kappa shape index (κ1) is 12.4. The van der Waals surface area contributed by atoms with Crippen molar-refractivity contribution in [1.29, 1.82) is 0 Å². The molecule has 2 heteroatoms. The van der Waals surface area contributed by atoms with E-state index in [0.29, 0.717) is 11.0 Å². The van der Waals surface area contributed by atoms with Crippen molar-refractivity contribution >= 4 is 0 Å². The number of hydrogen-bond donors (Lipinski definition) is 1. The van der Waals surface area contributed by atoms with Gasteiger partial charge in [-0.2, -0.15) is 0 Å². The standard InChI is InChI=1S/C14H28N2/c1-12(2)7-5-9-14(12,11-15)16-10-6-8-13(16,3)4/h5-11,15H2,1-4H3. The molecule has 2 nitrogen and oxygen atoms in total. The molecule has 0 spiro atoms. The van der Waals surface area contributed by atoms with Crippen LogP contribution in [0.5, 0.6) is 0 Å². The second kappa shape index (κ2) is 3.71. The van der Waals surface area contributed by atoms with Gasteiger partial charge in [0.2, 0.25) is 0 Å². The summed E-state index contributed by atoms with van der Waals surface area (Å²) in [6, 6.07) is 0. The van der Waals surface area contributed by atoms with Crippen LogP contribution in [0.15, 0.2) is 0 Å². The van der Waals surface area contributed by atoms with Crippen LogP contribution in [0.3, 0.4) is 0 Å². The predicted molar refractivity (Wildman–Crippen MR) is 69.4 cm³/mol. The fourth-order valence-electron chi connectivity index (χ4n) is 4.28. The maximum Gasteiger partial charge on any atom is 0.0387 e. The lowest BCUT2D eigenvalue weighted by Crippen LogP contribution is -2.63. The molecule has 2 fully saturated rings. The molecule has 1 unspecified atom stereocenters. The Morgan fingerprint density at radius 1 is 1.00 bits per heavy atom. The maximum absolute atomic E-state index is 6.20. The molecule has 2 aliphatic rings. The number of likely N-dealkylation sites (tertiary alicyclic amines) is 1. The van der Waals surface area contributed by atoms with Gasteiger partial charge in [-0.25, -0.2) is 0 Å². The van der Waals surface area contributed by atoms with E-state index in [1.54, 1.807) is 0 Å². The van der Waals surface area contributed by atoms with Gasteiger partial charge in [0.15, 0.2) is 0 Å². The van der Waals surface area contributed by atoms with Crippen LogP contribution in [-0.4, -0.2) is 29.1 Å². The van der Waals surface area contributed by atoms with E-state index in [9.17, 15) is 0 Å². The molecule has 1 atom stereocenters. The van der Waals surface area contributed by atoms with Crippen molar-refractivity contribution in [3.05, 3.63) is 0 Å². The van der Waals surface area contributed by atoms with E-state index in [1.807, 2.05) is 0 Å². The summed E-state index contributed by atoms with van der Waals surface area (Å²) >= 11 is 0. The Bertz CT molecular complexity index is 270. The summed E-state index contributed by atoms with van der Waals surface area (Å²) in [5, 5.41) is 0. The monoisotopic (exact) mass is 224 g/mol. The highest BCUT2D eigenvalue weighted by Gasteiger charge is 2.55. The van der Waals surface area contributed by atoms with Crippen LogP contribution in [-0.2, 0) is 0 Å². The first-order valence-electron chi connectivity index (χ1n) is 6.84. The van der Waals surface area contributed by atoms with Gasteiger partial charge in [0.05, 0.1) is 0 Å². The quantitative estimate of drug-likeness (QED) is 0.781. The fraction of sp³-hybridized carbons (Fsp3) is 1.00. The van der Waals surface area contributed by atoms with Gasteiger partial charge in [0, 0.05) is 17.6 Å². The second-order valence-electron chi connectivity index (χ2n) is 7.04.